The van der Waals surface area contributed by atoms with Gasteiger partial charge in [0.1, 0.15) is 0 Å². The standard InChI is InChI=1S/C46H31N/c1-3-15-32(16-4-1)39-28-27-36(31-44(39)33-17-5-2-6-18-33)47(45-29-34-19-7-9-21-37(34)40-23-11-13-25-42(40)45)46-30-35-20-8-10-22-38(35)41-24-12-14-26-43(41)46/h1-31H. The number of anilines is 3. The molecule has 0 saturated heterocycles. The van der Waals surface area contributed by atoms with E-state index >= 15 is 0 Å². The van der Waals surface area contributed by atoms with Crippen molar-refractivity contribution in [1.29, 1.82) is 0 Å². The topological polar surface area (TPSA) is 3.24 Å². The largest absolute Gasteiger partial charge is 0.309 e. The number of hydrogen-bond donors (Lipinski definition) is 0. The van der Waals surface area contributed by atoms with Gasteiger partial charge in [0, 0.05) is 16.5 Å². The lowest BCUT2D eigenvalue weighted by Crippen LogP contribution is -2.12. The minimum Gasteiger partial charge on any atom is -0.309 e. The summed E-state index contributed by atoms with van der Waals surface area (Å²) >= 11 is 0. The summed E-state index contributed by atoms with van der Waals surface area (Å²) in [5, 5.41) is 9.91. The lowest BCUT2D eigenvalue weighted by atomic mass is 9.92. The van der Waals surface area contributed by atoms with E-state index in [4.69, 9.17) is 0 Å². The van der Waals surface area contributed by atoms with Crippen LogP contribution in [-0.2, 0) is 0 Å². The summed E-state index contributed by atoms with van der Waals surface area (Å²) in [7, 11) is 0. The molecule has 9 aromatic rings. The first-order valence-electron chi connectivity index (χ1n) is 16.2. The molecule has 0 aliphatic heterocycles. The Morgan fingerprint density at radius 2 is 0.681 bits per heavy atom. The maximum Gasteiger partial charge on any atom is 0.0546 e. The van der Waals surface area contributed by atoms with Crippen molar-refractivity contribution < 1.29 is 0 Å². The molecule has 0 aliphatic rings. The molecule has 0 N–H and O–H groups in total. The van der Waals surface area contributed by atoms with Gasteiger partial charge in [-0.2, -0.15) is 0 Å². The Balaban J connectivity index is 1.41. The quantitative estimate of drug-likeness (QED) is 0.178. The van der Waals surface area contributed by atoms with Gasteiger partial charge in [0.25, 0.3) is 0 Å². The van der Waals surface area contributed by atoms with Crippen LogP contribution < -0.4 is 4.90 Å². The van der Waals surface area contributed by atoms with Crippen molar-refractivity contribution in [2.45, 2.75) is 0 Å². The van der Waals surface area contributed by atoms with Crippen molar-refractivity contribution >= 4 is 60.2 Å². The Morgan fingerprint density at radius 1 is 0.277 bits per heavy atom. The van der Waals surface area contributed by atoms with Gasteiger partial charge in [-0.25, -0.2) is 0 Å². The molecule has 0 amide bonds. The predicted molar refractivity (Wildman–Crippen MR) is 202 cm³/mol. The Kier molecular flexibility index (Phi) is 6.54. The fourth-order valence-corrected chi connectivity index (χ4v) is 7.24. The molecule has 47 heavy (non-hydrogen) atoms. The summed E-state index contributed by atoms with van der Waals surface area (Å²) in [6, 6.07) is 68.3. The molecule has 0 saturated carbocycles. The van der Waals surface area contributed by atoms with Crippen molar-refractivity contribution in [1.82, 2.24) is 0 Å². The first-order valence-corrected chi connectivity index (χ1v) is 16.2. The molecule has 0 aliphatic carbocycles. The second kappa shape index (κ2) is 11.3. The maximum atomic E-state index is 2.49. The summed E-state index contributed by atoms with van der Waals surface area (Å²) in [4.78, 5) is 2.49. The lowest BCUT2D eigenvalue weighted by molar-refractivity contribution is 1.32. The van der Waals surface area contributed by atoms with Crippen molar-refractivity contribution in [3.63, 3.8) is 0 Å². The molecule has 0 unspecified atom stereocenters. The monoisotopic (exact) mass is 597 g/mol. The van der Waals surface area contributed by atoms with Crippen LogP contribution >= 0.6 is 0 Å². The molecule has 0 atom stereocenters. The highest BCUT2D eigenvalue weighted by molar-refractivity contribution is 6.18. The van der Waals surface area contributed by atoms with E-state index in [1.807, 2.05) is 0 Å². The van der Waals surface area contributed by atoms with E-state index in [2.05, 4.69) is 193 Å². The molecular weight excluding hydrogens is 567 g/mol. The highest BCUT2D eigenvalue weighted by Crippen LogP contribution is 2.47. The third-order valence-electron chi connectivity index (χ3n) is 9.41. The average Bonchev–Trinajstić information content (AvgIpc) is 3.15. The van der Waals surface area contributed by atoms with E-state index in [9.17, 15) is 0 Å². The molecule has 9 rings (SSSR count). The Hall–Kier alpha value is -6.18. The highest BCUT2D eigenvalue weighted by atomic mass is 15.1. The molecule has 1 nitrogen and oxygen atoms in total. The molecule has 0 fully saturated rings. The molecule has 1 heteroatoms. The molecule has 220 valence electrons. The van der Waals surface area contributed by atoms with E-state index in [0.29, 0.717) is 0 Å². The molecule has 0 bridgehead atoms. The van der Waals surface area contributed by atoms with Crippen molar-refractivity contribution in [3.05, 3.63) is 188 Å². The number of fused-ring (bicyclic) bond motifs is 6. The molecule has 0 radical (unpaired) electrons. The SMILES string of the molecule is c1ccc(-c2ccc(N(c3cc4ccccc4c4ccccc34)c3cc4ccccc4c4ccccc34)cc2-c2ccccc2)cc1. The Bertz CT molecular complexity index is 2450. The Morgan fingerprint density at radius 3 is 1.19 bits per heavy atom. The minimum atomic E-state index is 1.12. The summed E-state index contributed by atoms with van der Waals surface area (Å²) in [5.41, 5.74) is 8.25. The molecule has 0 aromatic heterocycles. The van der Waals surface area contributed by atoms with Gasteiger partial charge in [-0.1, -0.05) is 164 Å². The summed E-state index contributed by atoms with van der Waals surface area (Å²) in [6.45, 7) is 0. The van der Waals surface area contributed by atoms with Gasteiger partial charge in [-0.3, -0.25) is 0 Å². The van der Waals surface area contributed by atoms with Gasteiger partial charge in [-0.05, 0) is 78.8 Å². The van der Waals surface area contributed by atoms with Gasteiger partial charge in [0.2, 0.25) is 0 Å². The van der Waals surface area contributed by atoms with E-state index in [-0.39, 0.29) is 0 Å². The van der Waals surface area contributed by atoms with Crippen molar-refractivity contribution in [2.24, 2.45) is 0 Å². The zero-order valence-corrected chi connectivity index (χ0v) is 25.8. The smallest absolute Gasteiger partial charge is 0.0546 e. The average molecular weight is 598 g/mol. The van der Waals surface area contributed by atoms with Gasteiger partial charge < -0.3 is 4.90 Å². The molecule has 9 aromatic carbocycles. The van der Waals surface area contributed by atoms with Crippen molar-refractivity contribution in [2.75, 3.05) is 4.90 Å². The van der Waals surface area contributed by atoms with E-state index < -0.39 is 0 Å². The summed E-state index contributed by atoms with van der Waals surface area (Å²) in [6.07, 6.45) is 0. The summed E-state index contributed by atoms with van der Waals surface area (Å²) in [5.74, 6) is 0. The predicted octanol–water partition coefficient (Wildman–Crippen LogP) is 13.1. The van der Waals surface area contributed by atoms with E-state index in [1.165, 1.54) is 65.3 Å². The van der Waals surface area contributed by atoms with Crippen LogP contribution in [0.1, 0.15) is 0 Å². The number of rotatable bonds is 5. The van der Waals surface area contributed by atoms with Crippen LogP contribution in [0.4, 0.5) is 17.1 Å². The second-order valence-electron chi connectivity index (χ2n) is 12.1. The Labute approximate surface area is 274 Å². The van der Waals surface area contributed by atoms with E-state index in [1.54, 1.807) is 0 Å². The van der Waals surface area contributed by atoms with Crippen LogP contribution in [0.2, 0.25) is 0 Å². The molecule has 0 spiro atoms. The fraction of sp³-hybridized carbons (Fsp3) is 0. The zero-order chi connectivity index (χ0) is 31.2. The third-order valence-corrected chi connectivity index (χ3v) is 9.41. The van der Waals surface area contributed by atoms with Crippen LogP contribution in [0, 0.1) is 0 Å². The van der Waals surface area contributed by atoms with Gasteiger partial charge in [0.15, 0.2) is 0 Å². The normalized spacial score (nSPS) is 11.4. The van der Waals surface area contributed by atoms with Crippen LogP contribution in [0.5, 0.6) is 0 Å². The minimum absolute atomic E-state index is 1.12. The van der Waals surface area contributed by atoms with Crippen LogP contribution in [0.25, 0.3) is 65.3 Å². The van der Waals surface area contributed by atoms with Crippen LogP contribution in [-0.4, -0.2) is 0 Å². The number of nitrogens with zero attached hydrogens (tertiary/aromatic N) is 1. The van der Waals surface area contributed by atoms with E-state index in [0.717, 1.165) is 17.1 Å². The number of benzene rings is 9. The maximum absolute atomic E-state index is 2.49. The van der Waals surface area contributed by atoms with Gasteiger partial charge in [0.05, 0.1) is 11.4 Å². The van der Waals surface area contributed by atoms with Gasteiger partial charge in [-0.15, -0.1) is 0 Å². The lowest BCUT2D eigenvalue weighted by Gasteiger charge is -2.30. The van der Waals surface area contributed by atoms with Crippen LogP contribution in [0.15, 0.2) is 188 Å². The highest BCUT2D eigenvalue weighted by Gasteiger charge is 2.22. The number of hydrogen-bond acceptors (Lipinski definition) is 1. The zero-order valence-electron chi connectivity index (χ0n) is 25.8. The van der Waals surface area contributed by atoms with Gasteiger partial charge >= 0.3 is 0 Å². The van der Waals surface area contributed by atoms with Crippen LogP contribution in [0.3, 0.4) is 0 Å². The van der Waals surface area contributed by atoms with Crippen molar-refractivity contribution in [3.8, 4) is 22.3 Å². The second-order valence-corrected chi connectivity index (χ2v) is 12.1. The first-order chi connectivity index (χ1) is 23.3. The first kappa shape index (κ1) is 27.2. The summed E-state index contributed by atoms with van der Waals surface area (Å²) < 4.78 is 0. The third kappa shape index (κ3) is 4.64. The molecule has 0 heterocycles. The fourth-order valence-electron chi connectivity index (χ4n) is 7.24. The molecular formula is C46H31N.